The van der Waals surface area contributed by atoms with E-state index in [9.17, 15) is 9.59 Å². The molecule has 10 heteroatoms. The van der Waals surface area contributed by atoms with Crippen LogP contribution in [0.2, 0.25) is 0 Å². The standard InChI is InChI=1S/C44H56N6O4/c1-41(2,3)53-39(51)49-27-43(19-7-8-20-43)23-35(49)37-45-25-33(47-37)31-15-11-29(12-16-31)30-13-17-32(18-14-30)34-26-46-38(48-34)36-24-44(21-9-10-22-44)28-50(36)40(52)54-42(4,5)6/h11-18,25-26,35-36H,7-10,19-24,27-28H2,1-6H3,(H,45,47)(H,46,48)/t35-,36-/m0/s1. The van der Waals surface area contributed by atoms with Crippen molar-refractivity contribution in [1.82, 2.24) is 29.7 Å². The minimum absolute atomic E-state index is 0.124. The molecular formula is C44H56N6O4. The molecule has 4 aliphatic rings. The summed E-state index contributed by atoms with van der Waals surface area (Å²) in [6.45, 7) is 13.0. The van der Waals surface area contributed by atoms with E-state index in [1.165, 1.54) is 25.7 Å². The second-order valence-corrected chi connectivity index (χ2v) is 18.6. The van der Waals surface area contributed by atoms with Crippen molar-refractivity contribution in [2.45, 2.75) is 129 Å². The van der Waals surface area contributed by atoms with E-state index >= 15 is 0 Å². The van der Waals surface area contributed by atoms with Crippen molar-refractivity contribution in [3.63, 3.8) is 0 Å². The second kappa shape index (κ2) is 13.6. The maximum atomic E-state index is 13.3. The molecule has 0 bridgehead atoms. The molecular weight excluding hydrogens is 677 g/mol. The fourth-order valence-electron chi connectivity index (χ4n) is 9.58. The zero-order chi connectivity index (χ0) is 37.9. The summed E-state index contributed by atoms with van der Waals surface area (Å²) < 4.78 is 11.7. The molecule has 10 nitrogen and oxygen atoms in total. The van der Waals surface area contributed by atoms with Crippen LogP contribution in [-0.2, 0) is 9.47 Å². The Kier molecular flexibility index (Phi) is 9.17. The number of hydrogen-bond acceptors (Lipinski definition) is 6. The molecule has 2 N–H and O–H groups in total. The number of amides is 2. The lowest BCUT2D eigenvalue weighted by molar-refractivity contribution is 0.0194. The fourth-order valence-corrected chi connectivity index (χ4v) is 9.58. The molecule has 2 aliphatic carbocycles. The van der Waals surface area contributed by atoms with Crippen LogP contribution in [0.15, 0.2) is 60.9 Å². The maximum absolute atomic E-state index is 13.3. The number of imidazole rings is 2. The largest absolute Gasteiger partial charge is 0.444 e. The van der Waals surface area contributed by atoms with Crippen molar-refractivity contribution in [3.05, 3.63) is 72.6 Å². The highest BCUT2D eigenvalue weighted by atomic mass is 16.6. The first-order chi connectivity index (χ1) is 25.7. The van der Waals surface area contributed by atoms with Gasteiger partial charge < -0.3 is 19.4 Å². The lowest BCUT2D eigenvalue weighted by atomic mass is 9.84. The molecule has 286 valence electrons. The molecule has 0 unspecified atom stereocenters. The highest BCUT2D eigenvalue weighted by Gasteiger charge is 2.51. The summed E-state index contributed by atoms with van der Waals surface area (Å²) >= 11 is 0. The predicted octanol–water partition coefficient (Wildman–Crippen LogP) is 10.6. The van der Waals surface area contributed by atoms with Crippen molar-refractivity contribution < 1.29 is 19.1 Å². The summed E-state index contributed by atoms with van der Waals surface area (Å²) in [5, 5.41) is 0. The third kappa shape index (κ3) is 7.40. The molecule has 2 saturated heterocycles. The Balaban J connectivity index is 0.956. The van der Waals surface area contributed by atoms with Crippen LogP contribution in [0.25, 0.3) is 33.6 Å². The number of H-pyrrole nitrogens is 2. The van der Waals surface area contributed by atoms with E-state index < -0.39 is 11.2 Å². The number of aromatic amines is 2. The molecule has 2 aromatic carbocycles. The van der Waals surface area contributed by atoms with Crippen LogP contribution in [0.3, 0.4) is 0 Å². The van der Waals surface area contributed by atoms with E-state index in [-0.39, 0.29) is 35.1 Å². The number of nitrogens with one attached hydrogen (secondary N) is 2. The minimum atomic E-state index is -0.549. The van der Waals surface area contributed by atoms with E-state index in [0.29, 0.717) is 0 Å². The molecule has 2 aromatic heterocycles. The average molecular weight is 733 g/mol. The first-order valence-corrected chi connectivity index (χ1v) is 20.0. The molecule has 8 rings (SSSR count). The van der Waals surface area contributed by atoms with Crippen LogP contribution in [0, 0.1) is 10.8 Å². The highest BCUT2D eigenvalue weighted by molar-refractivity contribution is 5.73. The Hall–Kier alpha value is -4.60. The first-order valence-electron chi connectivity index (χ1n) is 20.0. The molecule has 4 heterocycles. The number of rotatable bonds is 5. The molecule has 0 radical (unpaired) electrons. The van der Waals surface area contributed by atoms with Crippen molar-refractivity contribution in [2.24, 2.45) is 10.8 Å². The summed E-state index contributed by atoms with van der Waals surface area (Å²) in [5.74, 6) is 1.65. The summed E-state index contributed by atoms with van der Waals surface area (Å²) in [6, 6.07) is 16.7. The van der Waals surface area contributed by atoms with Gasteiger partial charge in [0.15, 0.2) is 0 Å². The Morgan fingerprint density at radius 1 is 0.593 bits per heavy atom. The number of ether oxygens (including phenoxy) is 2. The Bertz CT molecular complexity index is 1830. The van der Waals surface area contributed by atoms with Gasteiger partial charge in [0.25, 0.3) is 0 Å². The zero-order valence-electron chi connectivity index (χ0n) is 32.8. The minimum Gasteiger partial charge on any atom is -0.444 e. The van der Waals surface area contributed by atoms with E-state index in [0.717, 1.165) is 96.9 Å². The first kappa shape index (κ1) is 36.4. The van der Waals surface area contributed by atoms with Gasteiger partial charge in [-0.25, -0.2) is 19.6 Å². The van der Waals surface area contributed by atoms with Crippen LogP contribution < -0.4 is 0 Å². The Morgan fingerprint density at radius 3 is 1.26 bits per heavy atom. The fraction of sp³-hybridized carbons (Fsp3) is 0.545. The SMILES string of the molecule is CC(C)(C)OC(=O)N1CC2(CCCC2)C[C@H]1c1nc(-c2ccc(-c3ccc(-c4c[nH]c([C@@H]5CC6(CCCC6)CN5C(=O)OC(C)(C)C)n4)cc3)cc2)c[nH]1. The maximum Gasteiger partial charge on any atom is 0.410 e. The van der Waals surface area contributed by atoms with Crippen molar-refractivity contribution in [1.29, 1.82) is 0 Å². The van der Waals surface area contributed by atoms with Gasteiger partial charge in [0, 0.05) is 36.6 Å². The lowest BCUT2D eigenvalue weighted by Crippen LogP contribution is -2.38. The number of likely N-dealkylation sites (tertiary alicyclic amines) is 2. The van der Waals surface area contributed by atoms with Gasteiger partial charge in [-0.05, 0) is 102 Å². The van der Waals surface area contributed by atoms with Crippen LogP contribution in [-0.4, -0.2) is 66.2 Å². The Labute approximate surface area is 319 Å². The van der Waals surface area contributed by atoms with E-state index in [1.807, 2.05) is 63.7 Å². The van der Waals surface area contributed by atoms with Crippen molar-refractivity contribution in [2.75, 3.05) is 13.1 Å². The lowest BCUT2D eigenvalue weighted by Gasteiger charge is -2.28. The topological polar surface area (TPSA) is 116 Å². The second-order valence-electron chi connectivity index (χ2n) is 18.6. The summed E-state index contributed by atoms with van der Waals surface area (Å²) in [6.07, 6.45) is 14.7. The van der Waals surface area contributed by atoms with Gasteiger partial charge in [-0.15, -0.1) is 0 Å². The molecule has 2 atom stereocenters. The number of benzene rings is 2. The van der Waals surface area contributed by atoms with Gasteiger partial charge in [0.1, 0.15) is 22.9 Å². The van der Waals surface area contributed by atoms with Gasteiger partial charge in [-0.3, -0.25) is 9.80 Å². The quantitative estimate of drug-likeness (QED) is 0.211. The molecule has 2 aliphatic heterocycles. The van der Waals surface area contributed by atoms with Gasteiger partial charge in [-0.2, -0.15) is 0 Å². The van der Waals surface area contributed by atoms with Crippen LogP contribution in [0.1, 0.15) is 129 Å². The summed E-state index contributed by atoms with van der Waals surface area (Å²) in [4.78, 5) is 47.4. The third-order valence-electron chi connectivity index (χ3n) is 12.1. The molecule has 54 heavy (non-hydrogen) atoms. The number of aromatic nitrogens is 4. The average Bonchev–Trinajstić information content (AvgIpc) is 3.98. The van der Waals surface area contributed by atoms with Crippen LogP contribution >= 0.6 is 0 Å². The molecule has 2 amide bonds. The van der Waals surface area contributed by atoms with Gasteiger partial charge >= 0.3 is 12.2 Å². The number of carbonyl (C=O) groups excluding carboxylic acids is 2. The van der Waals surface area contributed by atoms with Crippen LogP contribution in [0.4, 0.5) is 9.59 Å². The summed E-state index contributed by atoms with van der Waals surface area (Å²) in [5.41, 5.74) is 5.20. The molecule has 2 spiro atoms. The van der Waals surface area contributed by atoms with Gasteiger partial charge in [0.05, 0.1) is 23.5 Å². The van der Waals surface area contributed by atoms with E-state index in [1.54, 1.807) is 0 Å². The molecule has 4 aromatic rings. The van der Waals surface area contributed by atoms with Crippen LogP contribution in [0.5, 0.6) is 0 Å². The highest BCUT2D eigenvalue weighted by Crippen LogP contribution is 2.53. The van der Waals surface area contributed by atoms with Crippen molar-refractivity contribution >= 4 is 12.2 Å². The zero-order valence-corrected chi connectivity index (χ0v) is 32.8. The molecule has 4 fully saturated rings. The number of carbonyl (C=O) groups is 2. The predicted molar refractivity (Wildman–Crippen MR) is 209 cm³/mol. The van der Waals surface area contributed by atoms with E-state index in [2.05, 4.69) is 58.5 Å². The molecule has 2 saturated carbocycles. The third-order valence-corrected chi connectivity index (χ3v) is 12.1. The smallest absolute Gasteiger partial charge is 0.410 e. The summed E-state index contributed by atoms with van der Waals surface area (Å²) in [7, 11) is 0. The van der Waals surface area contributed by atoms with Crippen molar-refractivity contribution in [3.8, 4) is 33.6 Å². The normalized spacial score (nSPS) is 22.1. The van der Waals surface area contributed by atoms with Gasteiger partial charge in [-0.1, -0.05) is 74.2 Å². The Morgan fingerprint density at radius 2 is 0.926 bits per heavy atom. The van der Waals surface area contributed by atoms with Gasteiger partial charge in [0.2, 0.25) is 0 Å². The monoisotopic (exact) mass is 732 g/mol. The number of nitrogens with zero attached hydrogens (tertiary/aromatic N) is 4. The number of hydrogen-bond donors (Lipinski definition) is 2. The van der Waals surface area contributed by atoms with E-state index in [4.69, 9.17) is 19.4 Å².